The molecule has 0 heterocycles. The Balaban J connectivity index is 1.96. The van der Waals surface area contributed by atoms with Crippen LogP contribution in [0, 0.1) is 0 Å². The molecule has 3 aromatic rings. The van der Waals surface area contributed by atoms with Gasteiger partial charge in [0.1, 0.15) is 6.04 Å². The van der Waals surface area contributed by atoms with Gasteiger partial charge in [-0.15, -0.1) is 0 Å². The Hall–Kier alpha value is -2.63. The van der Waals surface area contributed by atoms with E-state index in [-0.39, 0.29) is 24.3 Å². The van der Waals surface area contributed by atoms with E-state index in [4.69, 9.17) is 11.6 Å². The van der Waals surface area contributed by atoms with Gasteiger partial charge in [0.2, 0.25) is 11.8 Å². The maximum Gasteiger partial charge on any atom is 0.243 e. The standard InChI is InChI=1S/C28H30BrClN2O2/c1-3-20(2)31-28(34)26(17-21-8-5-4-6-9-21)32(19-23-10-7-11-24(29)16-23)27(33)18-22-12-14-25(30)15-13-22/h4-16,20,26H,3,17-19H2,1-2H3,(H,31,34)/t20-,26+/m1/s1. The maximum atomic E-state index is 13.7. The second kappa shape index (κ2) is 12.7. The van der Waals surface area contributed by atoms with E-state index in [0.29, 0.717) is 18.0 Å². The molecule has 1 N–H and O–H groups in total. The van der Waals surface area contributed by atoms with Crippen molar-refractivity contribution >= 4 is 39.3 Å². The van der Waals surface area contributed by atoms with Crippen LogP contribution in [0.1, 0.15) is 37.0 Å². The first kappa shape index (κ1) is 26.0. The molecule has 0 aliphatic carbocycles. The number of hydrogen-bond acceptors (Lipinski definition) is 2. The highest BCUT2D eigenvalue weighted by Gasteiger charge is 2.31. The fourth-order valence-electron chi connectivity index (χ4n) is 3.71. The van der Waals surface area contributed by atoms with E-state index in [1.807, 2.05) is 80.6 Å². The van der Waals surface area contributed by atoms with Gasteiger partial charge < -0.3 is 10.2 Å². The molecule has 0 saturated heterocycles. The lowest BCUT2D eigenvalue weighted by Gasteiger charge is -2.32. The zero-order valence-corrected chi connectivity index (χ0v) is 21.9. The fourth-order valence-corrected chi connectivity index (χ4v) is 4.28. The molecule has 0 aliphatic heterocycles. The van der Waals surface area contributed by atoms with Crippen LogP contribution in [0.5, 0.6) is 0 Å². The van der Waals surface area contributed by atoms with Gasteiger partial charge >= 0.3 is 0 Å². The minimum absolute atomic E-state index is 0.0184. The third-order valence-corrected chi connectivity index (χ3v) is 6.53. The van der Waals surface area contributed by atoms with Crippen LogP contribution >= 0.6 is 27.5 Å². The number of halogens is 2. The zero-order chi connectivity index (χ0) is 24.5. The number of carbonyl (C=O) groups is 2. The number of hydrogen-bond donors (Lipinski definition) is 1. The molecule has 6 heteroatoms. The molecule has 0 fully saturated rings. The first-order valence-corrected chi connectivity index (χ1v) is 12.7. The zero-order valence-electron chi connectivity index (χ0n) is 19.5. The van der Waals surface area contributed by atoms with Crippen molar-refractivity contribution in [2.45, 2.75) is 51.7 Å². The molecule has 0 spiro atoms. The molecule has 0 saturated carbocycles. The van der Waals surface area contributed by atoms with Gasteiger partial charge in [-0.05, 0) is 54.3 Å². The van der Waals surface area contributed by atoms with E-state index < -0.39 is 6.04 Å². The molecule has 0 unspecified atom stereocenters. The topological polar surface area (TPSA) is 49.4 Å². The van der Waals surface area contributed by atoms with Crippen LogP contribution in [0.15, 0.2) is 83.3 Å². The highest BCUT2D eigenvalue weighted by atomic mass is 79.9. The van der Waals surface area contributed by atoms with Crippen LogP contribution in [-0.2, 0) is 29.0 Å². The molecule has 2 atom stereocenters. The van der Waals surface area contributed by atoms with Crippen molar-refractivity contribution in [1.29, 1.82) is 0 Å². The second-order valence-electron chi connectivity index (χ2n) is 8.48. The fraction of sp³-hybridized carbons (Fsp3) is 0.286. The summed E-state index contributed by atoms with van der Waals surface area (Å²) < 4.78 is 0.929. The van der Waals surface area contributed by atoms with Crippen LogP contribution < -0.4 is 5.32 Å². The summed E-state index contributed by atoms with van der Waals surface area (Å²) >= 11 is 9.54. The van der Waals surface area contributed by atoms with Crippen molar-refractivity contribution in [2.24, 2.45) is 0 Å². The molecule has 0 bridgehead atoms. The minimum atomic E-state index is -0.643. The highest BCUT2D eigenvalue weighted by Crippen LogP contribution is 2.20. The van der Waals surface area contributed by atoms with Gasteiger partial charge in [-0.3, -0.25) is 9.59 Å². The van der Waals surface area contributed by atoms with Crippen molar-refractivity contribution in [3.05, 3.63) is 105 Å². The van der Waals surface area contributed by atoms with Crippen LogP contribution in [0.25, 0.3) is 0 Å². The highest BCUT2D eigenvalue weighted by molar-refractivity contribution is 9.10. The van der Waals surface area contributed by atoms with Crippen molar-refractivity contribution in [3.8, 4) is 0 Å². The summed E-state index contributed by atoms with van der Waals surface area (Å²) in [7, 11) is 0. The summed E-state index contributed by atoms with van der Waals surface area (Å²) in [5.74, 6) is -0.250. The van der Waals surface area contributed by atoms with Gasteiger partial charge in [0, 0.05) is 28.5 Å². The Kier molecular flexibility index (Phi) is 9.73. The van der Waals surface area contributed by atoms with Gasteiger partial charge in [-0.2, -0.15) is 0 Å². The SMILES string of the molecule is CC[C@@H](C)NC(=O)[C@H](Cc1ccccc1)N(Cc1cccc(Br)c1)C(=O)Cc1ccc(Cl)cc1. The van der Waals surface area contributed by atoms with E-state index in [9.17, 15) is 9.59 Å². The summed E-state index contributed by atoms with van der Waals surface area (Å²) in [6.45, 7) is 4.34. The number of amides is 2. The van der Waals surface area contributed by atoms with Crippen LogP contribution in [0.4, 0.5) is 0 Å². The van der Waals surface area contributed by atoms with Gasteiger partial charge in [0.05, 0.1) is 6.42 Å². The Morgan fingerprint density at radius 1 is 0.941 bits per heavy atom. The molecule has 0 aromatic heterocycles. The monoisotopic (exact) mass is 540 g/mol. The molecule has 0 radical (unpaired) electrons. The summed E-state index contributed by atoms with van der Waals surface area (Å²) in [4.78, 5) is 28.9. The summed E-state index contributed by atoms with van der Waals surface area (Å²) in [5, 5.41) is 3.72. The minimum Gasteiger partial charge on any atom is -0.352 e. The lowest BCUT2D eigenvalue weighted by Crippen LogP contribution is -2.52. The van der Waals surface area contributed by atoms with Gasteiger partial charge in [-0.1, -0.05) is 89.1 Å². The number of carbonyl (C=O) groups excluding carboxylic acids is 2. The predicted molar refractivity (Wildman–Crippen MR) is 142 cm³/mol. The van der Waals surface area contributed by atoms with Crippen LogP contribution in [0.3, 0.4) is 0 Å². The Bertz CT molecular complexity index is 1090. The molecule has 4 nitrogen and oxygen atoms in total. The molecule has 3 rings (SSSR count). The smallest absolute Gasteiger partial charge is 0.243 e. The Morgan fingerprint density at radius 3 is 2.26 bits per heavy atom. The Labute approximate surface area is 215 Å². The largest absolute Gasteiger partial charge is 0.352 e. The molecule has 2 amide bonds. The van der Waals surface area contributed by atoms with Gasteiger partial charge in [-0.25, -0.2) is 0 Å². The normalized spacial score (nSPS) is 12.6. The van der Waals surface area contributed by atoms with Crippen LogP contribution in [0.2, 0.25) is 5.02 Å². The molecule has 0 aliphatic rings. The van der Waals surface area contributed by atoms with E-state index >= 15 is 0 Å². The number of nitrogens with zero attached hydrogens (tertiary/aromatic N) is 1. The quantitative estimate of drug-likeness (QED) is 0.332. The van der Waals surface area contributed by atoms with E-state index in [0.717, 1.165) is 27.6 Å². The lowest BCUT2D eigenvalue weighted by molar-refractivity contribution is -0.141. The number of benzene rings is 3. The first-order chi connectivity index (χ1) is 16.4. The first-order valence-electron chi connectivity index (χ1n) is 11.5. The third kappa shape index (κ3) is 7.71. The van der Waals surface area contributed by atoms with E-state index in [1.165, 1.54) is 0 Å². The molecule has 34 heavy (non-hydrogen) atoms. The molecular weight excluding hydrogens is 512 g/mol. The Morgan fingerprint density at radius 2 is 1.62 bits per heavy atom. The lowest BCUT2D eigenvalue weighted by atomic mass is 10.0. The van der Waals surface area contributed by atoms with Gasteiger partial charge in [0.25, 0.3) is 0 Å². The summed E-state index contributed by atoms with van der Waals surface area (Å²) in [5.41, 5.74) is 2.81. The average Bonchev–Trinajstić information content (AvgIpc) is 2.83. The summed E-state index contributed by atoms with van der Waals surface area (Å²) in [6.07, 6.45) is 1.44. The van der Waals surface area contributed by atoms with Crippen molar-refractivity contribution in [1.82, 2.24) is 10.2 Å². The predicted octanol–water partition coefficient (Wildman–Crippen LogP) is 6.20. The van der Waals surface area contributed by atoms with Crippen molar-refractivity contribution in [3.63, 3.8) is 0 Å². The number of rotatable bonds is 10. The van der Waals surface area contributed by atoms with Crippen LogP contribution in [-0.4, -0.2) is 28.8 Å². The third-order valence-electron chi connectivity index (χ3n) is 5.78. The van der Waals surface area contributed by atoms with E-state index in [2.05, 4.69) is 21.2 Å². The molecule has 178 valence electrons. The van der Waals surface area contributed by atoms with Crippen molar-refractivity contribution < 1.29 is 9.59 Å². The van der Waals surface area contributed by atoms with Gasteiger partial charge in [0.15, 0.2) is 0 Å². The average molecular weight is 542 g/mol. The molecular formula is C28H30BrClN2O2. The molecule has 3 aromatic carbocycles. The van der Waals surface area contributed by atoms with E-state index in [1.54, 1.807) is 17.0 Å². The summed E-state index contributed by atoms with van der Waals surface area (Å²) in [6, 6.07) is 24.3. The number of nitrogens with one attached hydrogen (secondary N) is 1. The van der Waals surface area contributed by atoms with Crippen molar-refractivity contribution in [2.75, 3.05) is 0 Å². The maximum absolute atomic E-state index is 13.7. The second-order valence-corrected chi connectivity index (χ2v) is 9.83.